The Labute approximate surface area is 193 Å². The highest BCUT2D eigenvalue weighted by atomic mass is 35.5. The average Bonchev–Trinajstić information content (AvgIpc) is 3.16. The van der Waals surface area contributed by atoms with Gasteiger partial charge < -0.3 is 10.7 Å². The van der Waals surface area contributed by atoms with E-state index in [9.17, 15) is 9.11 Å². The molecule has 1 saturated heterocycles. The topological polar surface area (TPSA) is 101 Å². The maximum atomic E-state index is 10.1. The molecule has 6 nitrogen and oxygen atoms in total. The van der Waals surface area contributed by atoms with Crippen molar-refractivity contribution in [1.29, 1.82) is 5.41 Å². The van der Waals surface area contributed by atoms with E-state index < -0.39 is 10.8 Å². The number of rotatable bonds is 10. The summed E-state index contributed by atoms with van der Waals surface area (Å²) in [6.07, 6.45) is 8.81. The van der Waals surface area contributed by atoms with Crippen molar-refractivity contribution < 1.29 is 9.11 Å². The Kier molecular flexibility index (Phi) is 8.96. The number of aliphatic imine (C=N–C) groups is 1. The van der Waals surface area contributed by atoms with Crippen molar-refractivity contribution in [3.05, 3.63) is 34.9 Å². The number of halogens is 1. The monoisotopic (exact) mass is 468 g/mol. The molecule has 0 radical (unpaired) electrons. The highest BCUT2D eigenvalue weighted by molar-refractivity contribution is 8.22. The third kappa shape index (κ3) is 6.30. The Hall–Kier alpha value is -0.960. The molecule has 31 heavy (non-hydrogen) atoms. The lowest BCUT2D eigenvalue weighted by molar-refractivity contribution is 0.355. The van der Waals surface area contributed by atoms with Gasteiger partial charge in [0.05, 0.1) is 17.8 Å². The first kappa shape index (κ1) is 24.7. The largest absolute Gasteiger partial charge is 0.307 e. The second-order valence-corrected chi connectivity index (χ2v) is 11.2. The van der Waals surface area contributed by atoms with Gasteiger partial charge in [-0.05, 0) is 49.9 Å². The fourth-order valence-corrected chi connectivity index (χ4v) is 6.25. The lowest BCUT2D eigenvalue weighted by Gasteiger charge is -2.43. The van der Waals surface area contributed by atoms with Crippen LogP contribution >= 0.6 is 22.4 Å². The molecule has 1 aliphatic carbocycles. The third-order valence-corrected chi connectivity index (χ3v) is 8.35. The first-order chi connectivity index (χ1) is 14.9. The number of nitrogens with one attached hydrogen (secondary N) is 3. The molecular weight excluding hydrogens is 432 g/mol. The van der Waals surface area contributed by atoms with Gasteiger partial charge in [-0.3, -0.25) is 14.1 Å². The van der Waals surface area contributed by atoms with Gasteiger partial charge in [-0.1, -0.05) is 49.9 Å². The minimum absolute atomic E-state index is 0.0269. The van der Waals surface area contributed by atoms with Crippen molar-refractivity contribution in [2.75, 3.05) is 25.4 Å². The lowest BCUT2D eigenvalue weighted by atomic mass is 9.71. The predicted molar refractivity (Wildman–Crippen MR) is 133 cm³/mol. The van der Waals surface area contributed by atoms with E-state index in [0.29, 0.717) is 18.8 Å². The normalized spacial score (nSPS) is 27.4. The number of nitrogens with zero attached hydrogens (tertiary/aromatic N) is 1. The summed E-state index contributed by atoms with van der Waals surface area (Å²) in [7, 11) is -2.71. The van der Waals surface area contributed by atoms with Gasteiger partial charge >= 0.3 is 0 Å². The van der Waals surface area contributed by atoms with Crippen LogP contribution in [0.5, 0.6) is 0 Å². The van der Waals surface area contributed by atoms with Gasteiger partial charge in [0.25, 0.3) is 0 Å². The van der Waals surface area contributed by atoms with Crippen LogP contribution in [0, 0.1) is 11.3 Å². The van der Waals surface area contributed by atoms with Crippen LogP contribution in [-0.4, -0.2) is 52.0 Å². The summed E-state index contributed by atoms with van der Waals surface area (Å²) < 4.78 is 23.0. The summed E-state index contributed by atoms with van der Waals surface area (Å²) in [5, 5.41) is 13.4. The Bertz CT molecular complexity index is 758. The van der Waals surface area contributed by atoms with Gasteiger partial charge in [-0.25, -0.2) is 4.72 Å². The van der Waals surface area contributed by atoms with Crippen LogP contribution in [-0.2, 0) is 0 Å². The smallest absolute Gasteiger partial charge is 0.0637 e. The summed E-state index contributed by atoms with van der Waals surface area (Å²) in [5.74, 6) is 0.711. The van der Waals surface area contributed by atoms with Crippen molar-refractivity contribution in [2.45, 2.75) is 63.3 Å². The molecule has 1 aromatic carbocycles. The summed E-state index contributed by atoms with van der Waals surface area (Å²) >= 11 is 6.08. The molecule has 1 spiro atoms. The van der Waals surface area contributed by atoms with Gasteiger partial charge in [0, 0.05) is 35.3 Å². The Morgan fingerprint density at radius 3 is 2.81 bits per heavy atom. The van der Waals surface area contributed by atoms with Crippen LogP contribution in [0.3, 0.4) is 0 Å². The van der Waals surface area contributed by atoms with E-state index in [1.165, 1.54) is 5.56 Å². The quantitative estimate of drug-likeness (QED) is 0.231. The first-order valence-corrected chi connectivity index (χ1v) is 13.6. The second kappa shape index (κ2) is 11.3. The SMILES string of the molecule is CCCCCS(O)(O)NCCN=CC1CCNC2(CCCC2c2ccc(Cl)cc2)C1=N. The zero-order chi connectivity index (χ0) is 22.3. The van der Waals surface area contributed by atoms with Crippen LogP contribution in [0.4, 0.5) is 0 Å². The van der Waals surface area contributed by atoms with Crippen LogP contribution in [0.15, 0.2) is 29.3 Å². The standard InChI is InChI=1S/C23H37ClN4O2S/c1-2-3-4-16-31(29,30)28-15-14-26-17-19-11-13-27-23(22(19)25)12-5-6-21(23)18-7-9-20(24)10-8-18/h7-10,17,19,21,25,27-30H,2-6,11-16H2,1H3. The lowest BCUT2D eigenvalue weighted by Crippen LogP contribution is -2.60. The second-order valence-electron chi connectivity index (χ2n) is 8.73. The molecule has 1 aliphatic heterocycles. The van der Waals surface area contributed by atoms with Gasteiger partial charge in [0.15, 0.2) is 0 Å². The molecule has 2 fully saturated rings. The van der Waals surface area contributed by atoms with Crippen molar-refractivity contribution in [2.24, 2.45) is 10.9 Å². The van der Waals surface area contributed by atoms with Crippen molar-refractivity contribution in [3.63, 3.8) is 0 Å². The molecule has 0 amide bonds. The maximum Gasteiger partial charge on any atom is 0.0637 e. The Balaban J connectivity index is 1.56. The number of unbranched alkanes of at least 4 members (excludes halogenated alkanes) is 2. The van der Waals surface area contributed by atoms with E-state index in [1.54, 1.807) is 0 Å². The number of hydrogen-bond acceptors (Lipinski definition) is 6. The van der Waals surface area contributed by atoms with E-state index >= 15 is 0 Å². The zero-order valence-electron chi connectivity index (χ0n) is 18.4. The van der Waals surface area contributed by atoms with E-state index in [1.807, 2.05) is 18.3 Å². The minimum atomic E-state index is -2.71. The summed E-state index contributed by atoms with van der Waals surface area (Å²) in [6.45, 7) is 3.88. The van der Waals surface area contributed by atoms with E-state index in [0.717, 1.165) is 62.2 Å². The molecular formula is C23H37ClN4O2S. The van der Waals surface area contributed by atoms with Gasteiger partial charge in [0.1, 0.15) is 0 Å². The van der Waals surface area contributed by atoms with Crippen LogP contribution in [0.25, 0.3) is 0 Å². The van der Waals surface area contributed by atoms with Crippen molar-refractivity contribution >= 4 is 34.3 Å². The predicted octanol–water partition coefficient (Wildman–Crippen LogP) is 5.49. The maximum absolute atomic E-state index is 10.1. The molecule has 3 unspecified atom stereocenters. The Morgan fingerprint density at radius 1 is 1.29 bits per heavy atom. The molecule has 5 N–H and O–H groups in total. The van der Waals surface area contributed by atoms with Crippen molar-refractivity contribution in [3.8, 4) is 0 Å². The third-order valence-electron chi connectivity index (χ3n) is 6.57. The fourth-order valence-electron chi connectivity index (χ4n) is 4.96. The van der Waals surface area contributed by atoms with Crippen LogP contribution in [0.2, 0.25) is 5.02 Å². The average molecular weight is 469 g/mol. The summed E-state index contributed by atoms with van der Waals surface area (Å²) in [5.41, 5.74) is 1.68. The zero-order valence-corrected chi connectivity index (χ0v) is 20.0. The molecule has 0 aromatic heterocycles. The van der Waals surface area contributed by atoms with E-state index in [4.69, 9.17) is 17.0 Å². The van der Waals surface area contributed by atoms with Gasteiger partial charge in [-0.15, -0.1) is 10.8 Å². The Morgan fingerprint density at radius 2 is 2.06 bits per heavy atom. The molecule has 1 aromatic rings. The minimum Gasteiger partial charge on any atom is -0.307 e. The van der Waals surface area contributed by atoms with Crippen LogP contribution in [0.1, 0.15) is 63.4 Å². The first-order valence-electron chi connectivity index (χ1n) is 11.5. The molecule has 0 bridgehead atoms. The van der Waals surface area contributed by atoms with E-state index in [2.05, 4.69) is 34.1 Å². The molecule has 2 aliphatic rings. The van der Waals surface area contributed by atoms with Gasteiger partial charge in [-0.2, -0.15) is 0 Å². The molecule has 3 atom stereocenters. The van der Waals surface area contributed by atoms with Crippen LogP contribution < -0.4 is 10.0 Å². The fraction of sp³-hybridized carbons (Fsp3) is 0.652. The number of benzene rings is 1. The summed E-state index contributed by atoms with van der Waals surface area (Å²) in [4.78, 5) is 4.53. The van der Waals surface area contributed by atoms with E-state index in [-0.39, 0.29) is 17.4 Å². The molecule has 8 heteroatoms. The molecule has 174 valence electrons. The number of piperidine rings is 1. The molecule has 1 heterocycles. The number of hydrogen-bond donors (Lipinski definition) is 5. The van der Waals surface area contributed by atoms with Crippen molar-refractivity contribution in [1.82, 2.24) is 10.0 Å². The highest BCUT2D eigenvalue weighted by Gasteiger charge is 2.50. The van der Waals surface area contributed by atoms with Gasteiger partial charge in [0.2, 0.25) is 0 Å². The molecule has 1 saturated carbocycles. The summed E-state index contributed by atoms with van der Waals surface area (Å²) in [6, 6.07) is 8.07. The molecule has 3 rings (SSSR count). The highest BCUT2D eigenvalue weighted by Crippen LogP contribution is 2.46.